The van der Waals surface area contributed by atoms with Crippen LogP contribution in [0.1, 0.15) is 25.8 Å². The van der Waals surface area contributed by atoms with Gasteiger partial charge in [0.25, 0.3) is 0 Å². The van der Waals surface area contributed by atoms with Gasteiger partial charge in [-0.15, -0.1) is 0 Å². The monoisotopic (exact) mass is 243 g/mol. The smallest absolute Gasteiger partial charge is 0.142 e. The SMILES string of the molecule is CNCCC(C)(C)Cc1ccc(Cl)c(F)c1. The van der Waals surface area contributed by atoms with Gasteiger partial charge in [-0.05, 0) is 49.5 Å². The lowest BCUT2D eigenvalue weighted by Crippen LogP contribution is -2.21. The summed E-state index contributed by atoms with van der Waals surface area (Å²) in [5.74, 6) is -0.330. The van der Waals surface area contributed by atoms with Crippen LogP contribution in [-0.2, 0) is 6.42 Å². The van der Waals surface area contributed by atoms with Gasteiger partial charge in [0.15, 0.2) is 0 Å². The van der Waals surface area contributed by atoms with E-state index in [1.54, 1.807) is 6.07 Å². The van der Waals surface area contributed by atoms with Gasteiger partial charge in [0.1, 0.15) is 5.82 Å². The first-order chi connectivity index (χ1) is 7.44. The predicted octanol–water partition coefficient (Wildman–Crippen LogP) is 3.66. The van der Waals surface area contributed by atoms with E-state index in [9.17, 15) is 4.39 Å². The van der Waals surface area contributed by atoms with Crippen LogP contribution in [-0.4, -0.2) is 13.6 Å². The molecular formula is C13H19ClFN. The molecule has 1 aromatic rings. The van der Waals surface area contributed by atoms with Crippen molar-refractivity contribution >= 4 is 11.6 Å². The van der Waals surface area contributed by atoms with Gasteiger partial charge >= 0.3 is 0 Å². The Hall–Kier alpha value is -0.600. The Labute approximate surface area is 102 Å². The summed E-state index contributed by atoms with van der Waals surface area (Å²) in [7, 11) is 1.94. The molecule has 0 aliphatic heterocycles. The number of rotatable bonds is 5. The van der Waals surface area contributed by atoms with Crippen molar-refractivity contribution in [2.24, 2.45) is 5.41 Å². The van der Waals surface area contributed by atoms with Crippen LogP contribution in [0.3, 0.4) is 0 Å². The highest BCUT2D eigenvalue weighted by Crippen LogP contribution is 2.27. The molecule has 90 valence electrons. The van der Waals surface area contributed by atoms with E-state index in [-0.39, 0.29) is 16.3 Å². The first-order valence-electron chi connectivity index (χ1n) is 5.53. The average Bonchev–Trinajstić information content (AvgIpc) is 2.20. The van der Waals surface area contributed by atoms with E-state index >= 15 is 0 Å². The molecular weight excluding hydrogens is 225 g/mol. The second kappa shape index (κ2) is 5.65. The van der Waals surface area contributed by atoms with E-state index in [0.717, 1.165) is 24.9 Å². The number of hydrogen-bond acceptors (Lipinski definition) is 1. The van der Waals surface area contributed by atoms with Gasteiger partial charge in [-0.2, -0.15) is 0 Å². The molecule has 0 amide bonds. The third-order valence-corrected chi connectivity index (χ3v) is 3.02. The van der Waals surface area contributed by atoms with E-state index in [0.29, 0.717) is 0 Å². The second-order valence-electron chi connectivity index (χ2n) is 4.94. The molecule has 0 aromatic heterocycles. The predicted molar refractivity (Wildman–Crippen MR) is 67.4 cm³/mol. The molecule has 1 rings (SSSR count). The normalized spacial score (nSPS) is 11.8. The lowest BCUT2D eigenvalue weighted by atomic mass is 9.82. The third-order valence-electron chi connectivity index (χ3n) is 2.72. The van der Waals surface area contributed by atoms with E-state index in [2.05, 4.69) is 19.2 Å². The molecule has 16 heavy (non-hydrogen) atoms. The molecule has 0 heterocycles. The Bertz CT molecular complexity index is 350. The minimum absolute atomic E-state index is 0.170. The zero-order valence-electron chi connectivity index (χ0n) is 10.1. The molecule has 0 aliphatic rings. The maximum atomic E-state index is 13.3. The lowest BCUT2D eigenvalue weighted by molar-refractivity contribution is 0.329. The van der Waals surface area contributed by atoms with Crippen molar-refractivity contribution in [3.8, 4) is 0 Å². The van der Waals surface area contributed by atoms with Crippen molar-refractivity contribution < 1.29 is 4.39 Å². The summed E-state index contributed by atoms with van der Waals surface area (Å²) >= 11 is 5.65. The second-order valence-corrected chi connectivity index (χ2v) is 5.35. The van der Waals surface area contributed by atoms with Gasteiger partial charge in [-0.3, -0.25) is 0 Å². The van der Waals surface area contributed by atoms with Crippen LogP contribution in [0.15, 0.2) is 18.2 Å². The van der Waals surface area contributed by atoms with Gasteiger partial charge in [-0.1, -0.05) is 31.5 Å². The largest absolute Gasteiger partial charge is 0.320 e. The number of halogens is 2. The zero-order valence-corrected chi connectivity index (χ0v) is 10.9. The number of benzene rings is 1. The van der Waals surface area contributed by atoms with Crippen LogP contribution in [0.5, 0.6) is 0 Å². The number of nitrogens with one attached hydrogen (secondary N) is 1. The summed E-state index contributed by atoms with van der Waals surface area (Å²) < 4.78 is 13.3. The molecule has 1 N–H and O–H groups in total. The Morgan fingerprint density at radius 2 is 2.06 bits per heavy atom. The average molecular weight is 244 g/mol. The summed E-state index contributed by atoms with van der Waals surface area (Å²) in [5.41, 5.74) is 1.17. The zero-order chi connectivity index (χ0) is 12.2. The van der Waals surface area contributed by atoms with Crippen molar-refractivity contribution in [3.63, 3.8) is 0 Å². The molecule has 1 aromatic carbocycles. The van der Waals surface area contributed by atoms with Crippen LogP contribution >= 0.6 is 11.6 Å². The number of hydrogen-bond donors (Lipinski definition) is 1. The maximum absolute atomic E-state index is 13.3. The van der Waals surface area contributed by atoms with Crippen LogP contribution < -0.4 is 5.32 Å². The molecule has 1 nitrogen and oxygen atoms in total. The van der Waals surface area contributed by atoms with E-state index in [4.69, 9.17) is 11.6 Å². The summed E-state index contributed by atoms with van der Waals surface area (Å²) in [6, 6.07) is 5.05. The summed E-state index contributed by atoms with van der Waals surface area (Å²) in [4.78, 5) is 0. The van der Waals surface area contributed by atoms with Crippen molar-refractivity contribution in [3.05, 3.63) is 34.6 Å². The van der Waals surface area contributed by atoms with Crippen LogP contribution in [0.4, 0.5) is 4.39 Å². The summed E-state index contributed by atoms with van der Waals surface area (Å²) in [6.45, 7) is 5.36. The topological polar surface area (TPSA) is 12.0 Å². The lowest BCUT2D eigenvalue weighted by Gasteiger charge is -2.24. The maximum Gasteiger partial charge on any atom is 0.142 e. The minimum atomic E-state index is -0.330. The molecule has 0 aliphatic carbocycles. The Morgan fingerprint density at radius 1 is 1.38 bits per heavy atom. The molecule has 0 saturated carbocycles. The van der Waals surface area contributed by atoms with E-state index in [1.165, 1.54) is 6.07 Å². The fourth-order valence-electron chi connectivity index (χ4n) is 1.75. The Kier molecular flexibility index (Phi) is 4.75. The molecule has 3 heteroatoms. The fraction of sp³-hybridized carbons (Fsp3) is 0.538. The van der Waals surface area contributed by atoms with Crippen LogP contribution in [0.25, 0.3) is 0 Å². The Morgan fingerprint density at radius 3 is 2.62 bits per heavy atom. The minimum Gasteiger partial charge on any atom is -0.320 e. The highest BCUT2D eigenvalue weighted by Gasteiger charge is 2.18. The molecule has 0 saturated heterocycles. The molecule has 0 fully saturated rings. The molecule has 0 bridgehead atoms. The van der Waals surface area contributed by atoms with E-state index < -0.39 is 0 Å². The van der Waals surface area contributed by atoms with Crippen molar-refractivity contribution in [2.45, 2.75) is 26.7 Å². The Balaban J connectivity index is 2.68. The van der Waals surface area contributed by atoms with Gasteiger partial charge in [0.05, 0.1) is 5.02 Å². The first kappa shape index (κ1) is 13.5. The fourth-order valence-corrected chi connectivity index (χ4v) is 1.87. The van der Waals surface area contributed by atoms with Gasteiger partial charge in [-0.25, -0.2) is 4.39 Å². The molecule has 0 radical (unpaired) electrons. The van der Waals surface area contributed by atoms with Crippen molar-refractivity contribution in [1.82, 2.24) is 5.32 Å². The van der Waals surface area contributed by atoms with Crippen molar-refractivity contribution in [2.75, 3.05) is 13.6 Å². The first-order valence-corrected chi connectivity index (χ1v) is 5.91. The van der Waals surface area contributed by atoms with Crippen LogP contribution in [0.2, 0.25) is 5.02 Å². The molecule has 0 unspecified atom stereocenters. The third kappa shape index (κ3) is 4.11. The van der Waals surface area contributed by atoms with Crippen LogP contribution in [0, 0.1) is 11.2 Å². The highest BCUT2D eigenvalue weighted by molar-refractivity contribution is 6.30. The van der Waals surface area contributed by atoms with Gasteiger partial charge in [0, 0.05) is 0 Å². The molecule has 0 atom stereocenters. The van der Waals surface area contributed by atoms with Gasteiger partial charge < -0.3 is 5.32 Å². The highest BCUT2D eigenvalue weighted by atomic mass is 35.5. The summed E-state index contributed by atoms with van der Waals surface area (Å²) in [6.07, 6.45) is 1.93. The van der Waals surface area contributed by atoms with Crippen molar-refractivity contribution in [1.29, 1.82) is 0 Å². The summed E-state index contributed by atoms with van der Waals surface area (Å²) in [5, 5.41) is 3.33. The van der Waals surface area contributed by atoms with Gasteiger partial charge in [0.2, 0.25) is 0 Å². The molecule has 0 spiro atoms. The standard InChI is InChI=1S/C13H19ClFN/c1-13(2,6-7-16-3)9-10-4-5-11(14)12(15)8-10/h4-5,8,16H,6-7,9H2,1-3H3. The van der Waals surface area contributed by atoms with E-state index in [1.807, 2.05) is 13.1 Å². The quantitative estimate of drug-likeness (QED) is 0.832.